The number of rotatable bonds is 5. The van der Waals surface area contributed by atoms with E-state index in [4.69, 9.17) is 5.73 Å². The van der Waals surface area contributed by atoms with E-state index >= 15 is 0 Å². The van der Waals surface area contributed by atoms with E-state index in [0.717, 1.165) is 12.3 Å². The standard InChI is InChI=1S/C12H15F3N2O3S/c1-21(19,20)10-4-2-3-9(7-10)11(18)17(6-5-16)8-12(13,14)15/h2-4,7H,5-6,8,16H2,1H3. The Morgan fingerprint density at radius 1 is 1.33 bits per heavy atom. The first-order valence-electron chi connectivity index (χ1n) is 5.91. The summed E-state index contributed by atoms with van der Waals surface area (Å²) in [5.74, 6) is -0.914. The number of carbonyl (C=O) groups excluding carboxylic acids is 1. The largest absolute Gasteiger partial charge is 0.406 e. The van der Waals surface area contributed by atoms with Crippen LogP contribution >= 0.6 is 0 Å². The Balaban J connectivity index is 3.09. The summed E-state index contributed by atoms with van der Waals surface area (Å²) >= 11 is 0. The van der Waals surface area contributed by atoms with Crippen LogP contribution in [0.5, 0.6) is 0 Å². The van der Waals surface area contributed by atoms with E-state index < -0.39 is 28.5 Å². The average Bonchev–Trinajstić information content (AvgIpc) is 2.35. The third-order valence-corrected chi connectivity index (χ3v) is 3.68. The van der Waals surface area contributed by atoms with Crippen LogP contribution in [0, 0.1) is 0 Å². The molecule has 1 aromatic carbocycles. The molecule has 0 saturated carbocycles. The van der Waals surface area contributed by atoms with Gasteiger partial charge in [-0.2, -0.15) is 13.2 Å². The molecular formula is C12H15F3N2O3S. The van der Waals surface area contributed by atoms with Crippen molar-refractivity contribution >= 4 is 15.7 Å². The van der Waals surface area contributed by atoms with Gasteiger partial charge < -0.3 is 10.6 Å². The topological polar surface area (TPSA) is 80.5 Å². The molecule has 0 aliphatic carbocycles. The predicted molar refractivity (Wildman–Crippen MR) is 70.6 cm³/mol. The quantitative estimate of drug-likeness (QED) is 0.878. The maximum atomic E-state index is 12.4. The molecule has 0 saturated heterocycles. The molecular weight excluding hydrogens is 309 g/mol. The van der Waals surface area contributed by atoms with Crippen molar-refractivity contribution in [3.8, 4) is 0 Å². The van der Waals surface area contributed by atoms with Crippen LogP contribution in [0.3, 0.4) is 0 Å². The van der Waals surface area contributed by atoms with E-state index in [0.29, 0.717) is 4.90 Å². The molecule has 5 nitrogen and oxygen atoms in total. The first kappa shape index (κ1) is 17.4. The van der Waals surface area contributed by atoms with E-state index in [1.165, 1.54) is 18.2 Å². The van der Waals surface area contributed by atoms with Crippen LogP contribution in [0.4, 0.5) is 13.2 Å². The number of nitrogens with zero attached hydrogens (tertiary/aromatic N) is 1. The van der Waals surface area contributed by atoms with Gasteiger partial charge in [-0.15, -0.1) is 0 Å². The minimum Gasteiger partial charge on any atom is -0.329 e. The van der Waals surface area contributed by atoms with Crippen molar-refractivity contribution in [1.82, 2.24) is 4.90 Å². The Kier molecular flexibility index (Phi) is 5.35. The van der Waals surface area contributed by atoms with E-state index in [1.54, 1.807) is 0 Å². The number of halogens is 3. The van der Waals surface area contributed by atoms with Gasteiger partial charge in [0.15, 0.2) is 9.84 Å². The maximum absolute atomic E-state index is 12.4. The molecule has 1 amide bonds. The van der Waals surface area contributed by atoms with Crippen molar-refractivity contribution < 1.29 is 26.4 Å². The molecule has 0 unspecified atom stereocenters. The fraction of sp³-hybridized carbons (Fsp3) is 0.417. The Bertz CT molecular complexity index is 614. The lowest BCUT2D eigenvalue weighted by atomic mass is 10.2. The summed E-state index contributed by atoms with van der Waals surface area (Å²) in [6, 6.07) is 4.88. The summed E-state index contributed by atoms with van der Waals surface area (Å²) in [5.41, 5.74) is 5.08. The molecule has 0 aliphatic heterocycles. The number of benzene rings is 1. The van der Waals surface area contributed by atoms with Crippen LogP contribution in [-0.2, 0) is 9.84 Å². The van der Waals surface area contributed by atoms with Gasteiger partial charge in [0.05, 0.1) is 4.90 Å². The van der Waals surface area contributed by atoms with Crippen molar-refractivity contribution in [1.29, 1.82) is 0 Å². The highest BCUT2D eigenvalue weighted by atomic mass is 32.2. The molecule has 118 valence electrons. The number of amides is 1. The number of hydrogen-bond acceptors (Lipinski definition) is 4. The first-order chi connectivity index (χ1) is 9.54. The summed E-state index contributed by atoms with van der Waals surface area (Å²) in [5, 5.41) is 0. The summed E-state index contributed by atoms with van der Waals surface area (Å²) in [4.78, 5) is 12.5. The number of sulfone groups is 1. The molecule has 1 rings (SSSR count). The lowest BCUT2D eigenvalue weighted by Gasteiger charge is -2.23. The SMILES string of the molecule is CS(=O)(=O)c1cccc(C(=O)N(CCN)CC(F)(F)F)c1. The Labute approximate surface area is 120 Å². The first-order valence-corrected chi connectivity index (χ1v) is 7.80. The maximum Gasteiger partial charge on any atom is 0.406 e. The van der Waals surface area contributed by atoms with Crippen molar-refractivity contribution in [2.45, 2.75) is 11.1 Å². The Morgan fingerprint density at radius 2 is 1.95 bits per heavy atom. The molecule has 9 heteroatoms. The highest BCUT2D eigenvalue weighted by Gasteiger charge is 2.33. The fourth-order valence-electron chi connectivity index (χ4n) is 1.67. The molecule has 0 radical (unpaired) electrons. The highest BCUT2D eigenvalue weighted by Crippen LogP contribution is 2.19. The van der Waals surface area contributed by atoms with Crippen molar-refractivity contribution in [3.05, 3.63) is 29.8 Å². The third kappa shape index (κ3) is 5.35. The zero-order chi connectivity index (χ0) is 16.3. The molecule has 0 heterocycles. The molecule has 0 fully saturated rings. The Morgan fingerprint density at radius 3 is 2.43 bits per heavy atom. The molecule has 0 bridgehead atoms. The van der Waals surface area contributed by atoms with Gasteiger partial charge in [-0.25, -0.2) is 8.42 Å². The van der Waals surface area contributed by atoms with Crippen molar-refractivity contribution in [2.24, 2.45) is 5.73 Å². The molecule has 0 atom stereocenters. The number of nitrogens with two attached hydrogens (primary N) is 1. The van der Waals surface area contributed by atoms with E-state index in [1.807, 2.05) is 0 Å². The molecule has 2 N–H and O–H groups in total. The number of hydrogen-bond donors (Lipinski definition) is 1. The normalized spacial score (nSPS) is 12.2. The van der Waals surface area contributed by atoms with E-state index in [-0.39, 0.29) is 23.5 Å². The minimum atomic E-state index is -4.56. The van der Waals surface area contributed by atoms with Gasteiger partial charge in [0, 0.05) is 24.9 Å². The molecule has 0 aromatic heterocycles. The summed E-state index contributed by atoms with van der Waals surface area (Å²) in [6.07, 6.45) is -3.61. The van der Waals surface area contributed by atoms with Crippen LogP contribution in [-0.4, -0.2) is 51.3 Å². The van der Waals surface area contributed by atoms with Crippen LogP contribution in [0.15, 0.2) is 29.2 Å². The second-order valence-corrected chi connectivity index (χ2v) is 6.45. The Hall–Kier alpha value is -1.61. The molecule has 0 spiro atoms. The smallest absolute Gasteiger partial charge is 0.329 e. The van der Waals surface area contributed by atoms with E-state index in [2.05, 4.69) is 0 Å². The lowest BCUT2D eigenvalue weighted by Crippen LogP contribution is -2.41. The minimum absolute atomic E-state index is 0.129. The van der Waals surface area contributed by atoms with Gasteiger partial charge in [0.25, 0.3) is 5.91 Å². The summed E-state index contributed by atoms with van der Waals surface area (Å²) in [6.45, 7) is -1.85. The van der Waals surface area contributed by atoms with Gasteiger partial charge >= 0.3 is 6.18 Å². The van der Waals surface area contributed by atoms with Gasteiger partial charge in [0.2, 0.25) is 0 Å². The third-order valence-electron chi connectivity index (χ3n) is 2.57. The van der Waals surface area contributed by atoms with Crippen LogP contribution < -0.4 is 5.73 Å². The van der Waals surface area contributed by atoms with Gasteiger partial charge in [0.1, 0.15) is 6.54 Å². The van der Waals surface area contributed by atoms with Gasteiger partial charge in [-0.1, -0.05) is 6.07 Å². The summed E-state index contributed by atoms with van der Waals surface area (Å²) < 4.78 is 60.1. The van der Waals surface area contributed by atoms with Crippen LogP contribution in [0.25, 0.3) is 0 Å². The highest BCUT2D eigenvalue weighted by molar-refractivity contribution is 7.90. The van der Waals surface area contributed by atoms with E-state index in [9.17, 15) is 26.4 Å². The molecule has 0 aliphatic rings. The van der Waals surface area contributed by atoms with Crippen molar-refractivity contribution in [2.75, 3.05) is 25.9 Å². The summed E-state index contributed by atoms with van der Waals surface area (Å²) in [7, 11) is -3.55. The van der Waals surface area contributed by atoms with Crippen LogP contribution in [0.1, 0.15) is 10.4 Å². The molecule has 1 aromatic rings. The predicted octanol–water partition coefficient (Wildman–Crippen LogP) is 1.05. The fourth-order valence-corrected chi connectivity index (χ4v) is 2.33. The second-order valence-electron chi connectivity index (χ2n) is 4.43. The average molecular weight is 324 g/mol. The van der Waals surface area contributed by atoms with Crippen LogP contribution in [0.2, 0.25) is 0 Å². The number of alkyl halides is 3. The zero-order valence-electron chi connectivity index (χ0n) is 11.2. The van der Waals surface area contributed by atoms with Gasteiger partial charge in [-0.3, -0.25) is 4.79 Å². The molecule has 21 heavy (non-hydrogen) atoms. The number of carbonyl (C=O) groups is 1. The zero-order valence-corrected chi connectivity index (χ0v) is 12.0. The lowest BCUT2D eigenvalue weighted by molar-refractivity contribution is -0.140. The van der Waals surface area contributed by atoms with Crippen molar-refractivity contribution in [3.63, 3.8) is 0 Å². The van der Waals surface area contributed by atoms with Gasteiger partial charge in [-0.05, 0) is 18.2 Å². The monoisotopic (exact) mass is 324 g/mol. The second kappa shape index (κ2) is 6.44.